The second-order valence-electron chi connectivity index (χ2n) is 7.45. The minimum Gasteiger partial charge on any atom is -0.480 e. The van der Waals surface area contributed by atoms with Gasteiger partial charge in [-0.05, 0) is 54.4 Å². The topological polar surface area (TPSA) is 71.5 Å². The van der Waals surface area contributed by atoms with E-state index >= 15 is 0 Å². The molecular weight excluding hydrogens is 433 g/mol. The first-order chi connectivity index (χ1) is 15.4. The van der Waals surface area contributed by atoms with Crippen molar-refractivity contribution in [1.82, 2.24) is 9.88 Å². The van der Waals surface area contributed by atoms with Crippen molar-refractivity contribution in [3.05, 3.63) is 88.5 Å². The van der Waals surface area contributed by atoms with Crippen molar-refractivity contribution < 1.29 is 18.7 Å². The van der Waals surface area contributed by atoms with E-state index in [4.69, 9.17) is 16.3 Å². The molecule has 32 heavy (non-hydrogen) atoms. The Kier molecular flexibility index (Phi) is 6.37. The molecule has 6 nitrogen and oxygen atoms in total. The number of carbonyl (C=O) groups excluding carboxylic acids is 2. The van der Waals surface area contributed by atoms with Crippen LogP contribution in [-0.4, -0.2) is 27.8 Å². The van der Waals surface area contributed by atoms with Crippen LogP contribution in [0.2, 0.25) is 5.15 Å². The van der Waals surface area contributed by atoms with Gasteiger partial charge in [0.25, 0.3) is 11.8 Å². The highest BCUT2D eigenvalue weighted by Gasteiger charge is 2.30. The molecule has 0 spiro atoms. The Hall–Kier alpha value is -3.45. The van der Waals surface area contributed by atoms with E-state index in [0.29, 0.717) is 30.9 Å². The maximum Gasteiger partial charge on any atom is 0.264 e. The Labute approximate surface area is 190 Å². The van der Waals surface area contributed by atoms with E-state index in [0.717, 1.165) is 11.1 Å². The molecule has 1 unspecified atom stereocenters. The number of benzene rings is 2. The van der Waals surface area contributed by atoms with Gasteiger partial charge in [-0.1, -0.05) is 30.7 Å². The smallest absolute Gasteiger partial charge is 0.264 e. The zero-order valence-electron chi connectivity index (χ0n) is 17.3. The molecular formula is C24H21ClFN3O3. The van der Waals surface area contributed by atoms with Crippen molar-refractivity contribution in [3.63, 3.8) is 0 Å². The lowest BCUT2D eigenvalue weighted by atomic mass is 10.1. The average Bonchev–Trinajstić information content (AvgIpc) is 2.91. The Morgan fingerprint density at radius 3 is 2.75 bits per heavy atom. The number of hydrogen-bond acceptors (Lipinski definition) is 4. The molecule has 0 saturated heterocycles. The van der Waals surface area contributed by atoms with Crippen molar-refractivity contribution in [2.45, 2.75) is 32.5 Å². The summed E-state index contributed by atoms with van der Waals surface area (Å²) < 4.78 is 19.2. The molecule has 1 aromatic heterocycles. The predicted molar refractivity (Wildman–Crippen MR) is 119 cm³/mol. The number of hydrogen-bond donors (Lipinski definition) is 1. The highest BCUT2D eigenvalue weighted by atomic mass is 35.5. The number of halogens is 2. The fourth-order valence-electron chi connectivity index (χ4n) is 3.54. The monoisotopic (exact) mass is 453 g/mol. The third kappa shape index (κ3) is 4.73. The molecule has 3 aromatic rings. The molecule has 2 heterocycles. The summed E-state index contributed by atoms with van der Waals surface area (Å²) in [6, 6.07) is 14.5. The largest absolute Gasteiger partial charge is 0.480 e. The van der Waals surface area contributed by atoms with Crippen LogP contribution in [-0.2, 0) is 17.9 Å². The summed E-state index contributed by atoms with van der Waals surface area (Å²) >= 11 is 6.02. The average molecular weight is 454 g/mol. The van der Waals surface area contributed by atoms with E-state index in [1.165, 1.54) is 18.3 Å². The van der Waals surface area contributed by atoms with Crippen LogP contribution in [0.5, 0.6) is 5.75 Å². The molecule has 0 aliphatic carbocycles. The number of fused-ring (bicyclic) bond motifs is 1. The molecule has 0 radical (unpaired) electrons. The van der Waals surface area contributed by atoms with Crippen LogP contribution >= 0.6 is 11.6 Å². The van der Waals surface area contributed by atoms with Crippen LogP contribution < -0.4 is 10.1 Å². The summed E-state index contributed by atoms with van der Waals surface area (Å²) in [5.74, 6) is -0.265. The van der Waals surface area contributed by atoms with Gasteiger partial charge in [0.15, 0.2) is 6.10 Å². The quantitative estimate of drug-likeness (QED) is 0.562. The lowest BCUT2D eigenvalue weighted by Crippen LogP contribution is -2.38. The van der Waals surface area contributed by atoms with Gasteiger partial charge in [0.2, 0.25) is 0 Å². The van der Waals surface area contributed by atoms with E-state index in [9.17, 15) is 14.0 Å². The highest BCUT2D eigenvalue weighted by molar-refractivity contribution is 6.33. The van der Waals surface area contributed by atoms with Crippen LogP contribution in [0.1, 0.15) is 34.8 Å². The molecule has 0 fully saturated rings. The molecule has 0 bridgehead atoms. The van der Waals surface area contributed by atoms with Crippen molar-refractivity contribution in [1.29, 1.82) is 0 Å². The standard InChI is InChI=1S/C24H21ClFN3O3/c1-2-20-24(31)29(13-15-5-7-17(26)8-6-15)14-16-12-18(9-10-21(16)32-20)28-23(30)19-4-3-11-27-22(19)25/h3-12,20H,2,13-14H2,1H3,(H,28,30). The molecule has 1 aliphatic rings. The Bertz CT molecular complexity index is 1150. The van der Waals surface area contributed by atoms with Crippen LogP contribution in [0.3, 0.4) is 0 Å². The summed E-state index contributed by atoms with van der Waals surface area (Å²) in [6.07, 6.45) is 1.40. The Balaban J connectivity index is 1.59. The lowest BCUT2D eigenvalue weighted by Gasteiger charge is -2.23. The van der Waals surface area contributed by atoms with E-state index in [-0.39, 0.29) is 28.3 Å². The first-order valence-electron chi connectivity index (χ1n) is 10.2. The summed E-state index contributed by atoms with van der Waals surface area (Å²) in [4.78, 5) is 31.2. The molecule has 0 saturated carbocycles. The molecule has 164 valence electrons. The maximum absolute atomic E-state index is 13.3. The van der Waals surface area contributed by atoms with Gasteiger partial charge >= 0.3 is 0 Å². The minimum absolute atomic E-state index is 0.116. The van der Waals surface area contributed by atoms with Gasteiger partial charge in [-0.25, -0.2) is 9.37 Å². The fourth-order valence-corrected chi connectivity index (χ4v) is 3.75. The normalized spacial score (nSPS) is 15.5. The van der Waals surface area contributed by atoms with Gasteiger partial charge in [-0.2, -0.15) is 0 Å². The number of nitrogens with zero attached hydrogens (tertiary/aromatic N) is 2. The fraction of sp³-hybridized carbons (Fsp3) is 0.208. The lowest BCUT2D eigenvalue weighted by molar-refractivity contribution is -0.139. The van der Waals surface area contributed by atoms with Crippen LogP contribution in [0, 0.1) is 5.82 Å². The number of anilines is 1. The van der Waals surface area contributed by atoms with E-state index in [1.54, 1.807) is 47.4 Å². The van der Waals surface area contributed by atoms with Crippen LogP contribution in [0.15, 0.2) is 60.8 Å². The maximum atomic E-state index is 13.3. The second-order valence-corrected chi connectivity index (χ2v) is 7.81. The van der Waals surface area contributed by atoms with Gasteiger partial charge in [-0.15, -0.1) is 0 Å². The molecule has 1 atom stereocenters. The van der Waals surface area contributed by atoms with Gasteiger partial charge in [-0.3, -0.25) is 9.59 Å². The van der Waals surface area contributed by atoms with Crippen molar-refractivity contribution in [2.24, 2.45) is 0 Å². The van der Waals surface area contributed by atoms with E-state index in [2.05, 4.69) is 10.3 Å². The molecule has 2 amide bonds. The number of ether oxygens (including phenoxy) is 1. The van der Waals surface area contributed by atoms with Gasteiger partial charge in [0.1, 0.15) is 16.7 Å². The summed E-state index contributed by atoms with van der Waals surface area (Å²) in [5.41, 5.74) is 2.38. The summed E-state index contributed by atoms with van der Waals surface area (Å²) in [6.45, 7) is 2.50. The SMILES string of the molecule is CCC1Oc2ccc(NC(=O)c3cccnc3Cl)cc2CN(Cc2ccc(F)cc2)C1=O. The van der Waals surface area contributed by atoms with Gasteiger partial charge in [0, 0.05) is 30.5 Å². The molecule has 1 aliphatic heterocycles. The number of nitrogens with one attached hydrogen (secondary N) is 1. The Morgan fingerprint density at radius 1 is 1.25 bits per heavy atom. The van der Waals surface area contributed by atoms with Crippen molar-refractivity contribution in [3.8, 4) is 5.75 Å². The summed E-state index contributed by atoms with van der Waals surface area (Å²) in [5, 5.41) is 2.93. The zero-order valence-corrected chi connectivity index (χ0v) is 18.1. The van der Waals surface area contributed by atoms with Crippen LogP contribution in [0.25, 0.3) is 0 Å². The molecule has 4 rings (SSSR count). The number of aromatic nitrogens is 1. The molecule has 1 N–H and O–H groups in total. The van der Waals surface area contributed by atoms with E-state index < -0.39 is 6.10 Å². The number of pyridine rings is 1. The van der Waals surface area contributed by atoms with Gasteiger partial charge < -0.3 is 15.0 Å². The third-order valence-electron chi connectivity index (χ3n) is 5.20. The molecule has 2 aromatic carbocycles. The van der Waals surface area contributed by atoms with E-state index in [1.807, 2.05) is 6.92 Å². The number of carbonyl (C=O) groups is 2. The second kappa shape index (κ2) is 9.36. The number of rotatable bonds is 5. The van der Waals surface area contributed by atoms with Crippen molar-refractivity contribution in [2.75, 3.05) is 5.32 Å². The highest BCUT2D eigenvalue weighted by Crippen LogP contribution is 2.30. The molecule has 8 heteroatoms. The first-order valence-corrected chi connectivity index (χ1v) is 10.6. The van der Waals surface area contributed by atoms with Crippen LogP contribution in [0.4, 0.5) is 10.1 Å². The van der Waals surface area contributed by atoms with Gasteiger partial charge in [0.05, 0.1) is 5.56 Å². The predicted octanol–water partition coefficient (Wildman–Crippen LogP) is 4.83. The van der Waals surface area contributed by atoms with Crippen molar-refractivity contribution >= 4 is 29.1 Å². The zero-order chi connectivity index (χ0) is 22.7. The summed E-state index contributed by atoms with van der Waals surface area (Å²) in [7, 11) is 0. The first kappa shape index (κ1) is 21.8. The third-order valence-corrected chi connectivity index (χ3v) is 5.50. The Morgan fingerprint density at radius 2 is 2.03 bits per heavy atom. The minimum atomic E-state index is -0.619. The number of amides is 2.